The van der Waals surface area contributed by atoms with Crippen molar-refractivity contribution in [1.82, 2.24) is 5.32 Å². The van der Waals surface area contributed by atoms with Gasteiger partial charge in [0.15, 0.2) is 17.7 Å². The first-order chi connectivity index (χ1) is 19.7. The lowest BCUT2D eigenvalue weighted by molar-refractivity contribution is -0.162. The third kappa shape index (κ3) is 10.2. The maximum Gasteiger partial charge on any atom is 0.331 e. The Hall–Kier alpha value is -3.35. The summed E-state index contributed by atoms with van der Waals surface area (Å²) in [6.45, 7) is 5.16. The lowest BCUT2D eigenvalue weighted by atomic mass is 9.66. The summed E-state index contributed by atoms with van der Waals surface area (Å²) in [5.41, 5.74) is 6.76. The predicted molar refractivity (Wildman–Crippen MR) is 154 cm³/mol. The molecule has 2 aliphatic rings. The van der Waals surface area contributed by atoms with E-state index < -0.39 is 24.2 Å². The Kier molecular flexibility index (Phi) is 14.4. The van der Waals surface area contributed by atoms with Crippen LogP contribution < -0.4 is 11.1 Å². The molecule has 1 aliphatic heterocycles. The first-order valence-corrected chi connectivity index (χ1v) is 13.9. The van der Waals surface area contributed by atoms with Crippen molar-refractivity contribution in [2.45, 2.75) is 71.0 Å². The van der Waals surface area contributed by atoms with Crippen LogP contribution in [-0.4, -0.2) is 67.5 Å². The van der Waals surface area contributed by atoms with E-state index in [1.54, 1.807) is 24.3 Å². The number of aliphatic imine (C=N–C) groups is 1. The van der Waals surface area contributed by atoms with Gasteiger partial charge in [-0.1, -0.05) is 31.9 Å². The molecule has 2 fully saturated rings. The monoisotopic (exact) mass is 576 g/mol. The fourth-order valence-corrected chi connectivity index (χ4v) is 5.63. The first kappa shape index (κ1) is 33.9. The summed E-state index contributed by atoms with van der Waals surface area (Å²) in [5.74, 6) is -0.339. The average Bonchev–Trinajstić information content (AvgIpc) is 3.18. The third-order valence-corrected chi connectivity index (χ3v) is 7.95. The summed E-state index contributed by atoms with van der Waals surface area (Å²) in [6.07, 6.45) is 7.59. The van der Waals surface area contributed by atoms with Crippen LogP contribution in [0.2, 0.25) is 0 Å². The number of rotatable bonds is 11. The summed E-state index contributed by atoms with van der Waals surface area (Å²) >= 11 is 0. The zero-order valence-corrected chi connectivity index (χ0v) is 24.3. The Balaban J connectivity index is 0.00000138. The molecule has 0 aromatic heterocycles. The molecule has 1 saturated carbocycles. The Morgan fingerprint density at radius 3 is 2.49 bits per heavy atom. The van der Waals surface area contributed by atoms with E-state index in [1.165, 1.54) is 39.6 Å². The summed E-state index contributed by atoms with van der Waals surface area (Å²) < 4.78 is 11.9. The number of ether oxygens (including phenoxy) is 2. The predicted octanol–water partition coefficient (Wildman–Crippen LogP) is 3.43. The van der Waals surface area contributed by atoms with Crippen molar-refractivity contribution in [3.63, 3.8) is 0 Å². The smallest absolute Gasteiger partial charge is 0.331 e. The number of aliphatic hydroxyl groups is 1. The van der Waals surface area contributed by atoms with Crippen LogP contribution in [0.5, 0.6) is 0 Å². The third-order valence-electron chi connectivity index (χ3n) is 7.95. The molecular weight excluding hydrogens is 532 g/mol. The number of carboxylic acid groups (broad SMARTS) is 1. The van der Waals surface area contributed by atoms with Gasteiger partial charge >= 0.3 is 5.97 Å². The van der Waals surface area contributed by atoms with E-state index >= 15 is 0 Å². The number of aliphatic carboxylic acids is 1. The number of amides is 1. The van der Waals surface area contributed by atoms with Crippen LogP contribution in [0.3, 0.4) is 0 Å². The van der Waals surface area contributed by atoms with E-state index in [-0.39, 0.29) is 18.1 Å². The fraction of sp³-hybridized carbons (Fsp3) is 0.621. The number of carbonyl (C=O) groups is 2. The molecule has 0 bridgehead atoms. The summed E-state index contributed by atoms with van der Waals surface area (Å²) in [4.78, 5) is 40.3. The molecule has 1 amide bonds. The Morgan fingerprint density at radius 2 is 1.90 bits per heavy atom. The van der Waals surface area contributed by atoms with Crippen molar-refractivity contribution in [1.29, 1.82) is 0 Å². The van der Waals surface area contributed by atoms with Crippen molar-refractivity contribution in [3.8, 4) is 0 Å². The van der Waals surface area contributed by atoms with Gasteiger partial charge in [0.05, 0.1) is 19.3 Å². The minimum absolute atomic E-state index is 0.0146. The molecule has 0 spiro atoms. The second-order valence-electron chi connectivity index (χ2n) is 10.6. The Labute approximate surface area is 241 Å². The zero-order chi connectivity index (χ0) is 30.4. The van der Waals surface area contributed by atoms with Crippen molar-refractivity contribution in [2.24, 2.45) is 39.7 Å². The number of hydrogen-bond acceptors (Lipinski definition) is 10. The van der Waals surface area contributed by atoms with Gasteiger partial charge in [-0.05, 0) is 61.6 Å². The van der Waals surface area contributed by atoms with Gasteiger partial charge in [0.2, 0.25) is 0 Å². The number of carboxylic acids is 1. The van der Waals surface area contributed by atoms with Gasteiger partial charge in [-0.15, -0.1) is 4.91 Å². The number of fused-ring (bicyclic) bond motifs is 1. The molecular formula is C29H44N4O8. The molecule has 228 valence electrons. The minimum atomic E-state index is -1.32. The largest absolute Gasteiger partial charge is 0.479 e. The maximum atomic E-state index is 12.6. The highest BCUT2D eigenvalue weighted by atomic mass is 16.7. The highest BCUT2D eigenvalue weighted by Gasteiger charge is 2.40. The van der Waals surface area contributed by atoms with E-state index in [9.17, 15) is 19.8 Å². The minimum Gasteiger partial charge on any atom is -0.479 e. The molecule has 41 heavy (non-hydrogen) atoms. The lowest BCUT2D eigenvalue weighted by Gasteiger charge is -2.41. The molecule has 0 radical (unpaired) electrons. The highest BCUT2D eigenvalue weighted by Crippen LogP contribution is 2.44. The van der Waals surface area contributed by atoms with Crippen LogP contribution >= 0.6 is 0 Å². The van der Waals surface area contributed by atoms with Gasteiger partial charge in [-0.2, -0.15) is 0 Å². The van der Waals surface area contributed by atoms with Crippen molar-refractivity contribution in [2.75, 3.05) is 20.8 Å². The van der Waals surface area contributed by atoms with Gasteiger partial charge in [-0.25, -0.2) is 4.79 Å². The maximum absolute atomic E-state index is 12.6. The van der Waals surface area contributed by atoms with Crippen LogP contribution in [0.4, 0.5) is 0 Å². The second kappa shape index (κ2) is 17.5. The van der Waals surface area contributed by atoms with Crippen LogP contribution in [0.25, 0.3) is 0 Å². The number of aliphatic hydroxyl groups excluding tert-OH is 1. The van der Waals surface area contributed by atoms with E-state index in [0.29, 0.717) is 29.4 Å². The normalized spacial score (nSPS) is 25.0. The summed E-state index contributed by atoms with van der Waals surface area (Å²) in [6, 6.07) is 5.33. The standard InChI is InChI=1S/C28H41N3O6.CH3NO2/c1-17-7-10-20-5-4-6-23(24(20)16-36-17)18(2)28(35)37-15-19-8-11-21(12-9-19)26(32)31-25(27(33)34)22(13-29)14-30-3;1-4-2-3/h8-9,11-14,17-18,20,23-25,28,35H,4-7,10,15-16,29H2,1-3H3,(H,31,32)(H,33,34);1H3/b22-13+,30-14?;/t17?,18-,20-,23+,24?,25?,28-;/m1./s1. The van der Waals surface area contributed by atoms with Crippen LogP contribution in [0.15, 0.2) is 46.4 Å². The van der Waals surface area contributed by atoms with Gasteiger partial charge < -0.3 is 35.6 Å². The second-order valence-corrected chi connectivity index (χ2v) is 10.6. The molecule has 5 N–H and O–H groups in total. The number of benzene rings is 1. The van der Waals surface area contributed by atoms with Gasteiger partial charge in [0.1, 0.15) is 7.11 Å². The average molecular weight is 577 g/mol. The Bertz CT molecular complexity index is 1030. The van der Waals surface area contributed by atoms with E-state index in [0.717, 1.165) is 31.2 Å². The molecule has 12 nitrogen and oxygen atoms in total. The van der Waals surface area contributed by atoms with Gasteiger partial charge in [0.25, 0.3) is 5.91 Å². The Morgan fingerprint density at radius 1 is 1.22 bits per heavy atom. The molecule has 3 rings (SSSR count). The quantitative estimate of drug-likeness (QED) is 0.133. The fourth-order valence-electron chi connectivity index (χ4n) is 5.63. The molecule has 1 aromatic carbocycles. The van der Waals surface area contributed by atoms with E-state index in [1.807, 2.05) is 5.34 Å². The number of hydrogen-bond donors (Lipinski definition) is 4. The SMILES string of the molecule is CN=C/C(=C\N)C(NC(=O)c1ccc(CO[C@@H](O)[C@H](C)[C@@H]2CCC[C@@H]3CCC(C)OCC32)cc1)C(=O)O.CON=O. The molecule has 1 saturated heterocycles. The number of carbonyl (C=O) groups excluding carboxylic acids is 1. The van der Waals surface area contributed by atoms with Gasteiger partial charge in [-0.3, -0.25) is 9.79 Å². The van der Waals surface area contributed by atoms with Crippen molar-refractivity contribution in [3.05, 3.63) is 52.1 Å². The topological polar surface area (TPSA) is 182 Å². The number of nitrogens with two attached hydrogens (primary N) is 1. The first-order valence-electron chi connectivity index (χ1n) is 13.9. The molecule has 1 aromatic rings. The van der Waals surface area contributed by atoms with E-state index in [2.05, 4.69) is 29.0 Å². The molecule has 1 aliphatic carbocycles. The van der Waals surface area contributed by atoms with Crippen molar-refractivity contribution < 1.29 is 34.1 Å². The number of nitrogens with zero attached hydrogens (tertiary/aromatic N) is 2. The van der Waals surface area contributed by atoms with E-state index in [4.69, 9.17) is 20.1 Å². The van der Waals surface area contributed by atoms with Crippen LogP contribution in [0.1, 0.15) is 61.9 Å². The molecule has 3 unspecified atom stereocenters. The summed E-state index contributed by atoms with van der Waals surface area (Å²) in [5, 5.41) is 24.8. The van der Waals surface area contributed by atoms with Crippen LogP contribution in [-0.2, 0) is 25.7 Å². The molecule has 12 heteroatoms. The summed E-state index contributed by atoms with van der Waals surface area (Å²) in [7, 11) is 2.69. The molecule has 7 atom stereocenters. The van der Waals surface area contributed by atoms with Crippen molar-refractivity contribution >= 4 is 18.1 Å². The van der Waals surface area contributed by atoms with Gasteiger partial charge in [0, 0.05) is 36.5 Å². The zero-order valence-electron chi connectivity index (χ0n) is 24.3. The number of nitrogens with one attached hydrogen (secondary N) is 1. The highest BCUT2D eigenvalue weighted by molar-refractivity contribution is 6.00. The van der Waals surface area contributed by atoms with Crippen LogP contribution in [0, 0.1) is 28.6 Å². The lowest BCUT2D eigenvalue weighted by Crippen LogP contribution is -2.42. The molecule has 1 heterocycles.